The highest BCUT2D eigenvalue weighted by Crippen LogP contribution is 2.35. The third-order valence-electron chi connectivity index (χ3n) is 8.32. The van der Waals surface area contributed by atoms with Gasteiger partial charge >= 0.3 is 0 Å². The monoisotopic (exact) mass is 643 g/mol. The fourth-order valence-electron chi connectivity index (χ4n) is 6.58. The third kappa shape index (κ3) is 8.96. The average molecular weight is 645 g/mol. The Balaban J connectivity index is 0.000000231. The fourth-order valence-corrected chi connectivity index (χ4v) is 7.08. The van der Waals surface area contributed by atoms with Crippen molar-refractivity contribution >= 4 is 21.8 Å². The smallest absolute Gasteiger partial charge is 0.252 e. The Morgan fingerprint density at radius 2 is 1.07 bits per heavy atom. The second-order valence-corrected chi connectivity index (χ2v) is 12.4. The first-order chi connectivity index (χ1) is 20.3. The molecule has 2 aromatic rings. The van der Waals surface area contributed by atoms with Crippen molar-refractivity contribution in [2.75, 3.05) is 39.4 Å². The van der Waals surface area contributed by atoms with Gasteiger partial charge in [-0.05, 0) is 154 Å². The molecule has 6 nitrogen and oxygen atoms in total. The molecule has 0 fully saturated rings. The zero-order valence-electron chi connectivity index (χ0n) is 26.9. The largest absolute Gasteiger partial charge is 0.493 e. The predicted molar refractivity (Wildman–Crippen MR) is 178 cm³/mol. The van der Waals surface area contributed by atoms with E-state index in [1.54, 1.807) is 0 Å². The van der Waals surface area contributed by atoms with E-state index in [-0.39, 0.29) is 0 Å². The molecule has 0 heterocycles. The van der Waals surface area contributed by atoms with E-state index < -0.39 is 5.91 Å². The lowest BCUT2D eigenvalue weighted by Crippen LogP contribution is -2.37. The number of nitrogens with two attached hydrogens (primary N) is 1. The molecule has 2 aromatic carbocycles. The van der Waals surface area contributed by atoms with Gasteiger partial charge in [0, 0.05) is 12.1 Å². The number of carbonyl (C=O) groups excluding carboxylic acids is 1. The van der Waals surface area contributed by atoms with Crippen LogP contribution in [0, 0.1) is 0 Å². The first-order valence-electron chi connectivity index (χ1n) is 16.3. The van der Waals surface area contributed by atoms with Gasteiger partial charge in [-0.15, -0.1) is 0 Å². The molecule has 0 bridgehead atoms. The fraction of sp³-hybridized carbons (Fsp3) is 0.629. The van der Waals surface area contributed by atoms with Gasteiger partial charge in [-0.2, -0.15) is 0 Å². The van der Waals surface area contributed by atoms with E-state index in [9.17, 15) is 4.79 Å². The normalized spacial score (nSPS) is 17.2. The molecular formula is C35H54BrN3O3. The summed E-state index contributed by atoms with van der Waals surface area (Å²) in [7, 11) is 0. The van der Waals surface area contributed by atoms with Gasteiger partial charge in [0.1, 0.15) is 11.5 Å². The molecule has 42 heavy (non-hydrogen) atoms. The number of hydrogen-bond donors (Lipinski definition) is 1. The average Bonchev–Trinajstić information content (AvgIpc) is 3.56. The lowest BCUT2D eigenvalue weighted by Gasteiger charge is -2.27. The van der Waals surface area contributed by atoms with Crippen LogP contribution in [0.25, 0.3) is 0 Å². The van der Waals surface area contributed by atoms with Gasteiger partial charge in [-0.25, -0.2) is 0 Å². The highest BCUT2D eigenvalue weighted by Gasteiger charge is 2.29. The summed E-state index contributed by atoms with van der Waals surface area (Å²) in [6.45, 7) is 18.9. The maximum Gasteiger partial charge on any atom is 0.252 e. The molecule has 0 aromatic heterocycles. The van der Waals surface area contributed by atoms with Gasteiger partial charge in [-0.3, -0.25) is 14.6 Å². The van der Waals surface area contributed by atoms with E-state index in [1.807, 2.05) is 26.0 Å². The number of rotatable bonds is 15. The van der Waals surface area contributed by atoms with Gasteiger partial charge in [0.2, 0.25) is 0 Å². The maximum absolute atomic E-state index is 11.6. The van der Waals surface area contributed by atoms with E-state index >= 15 is 0 Å². The number of amides is 1. The Kier molecular flexibility index (Phi) is 14.1. The Bertz CT molecular complexity index is 1140. The molecule has 2 aliphatic carbocycles. The molecule has 0 radical (unpaired) electrons. The van der Waals surface area contributed by atoms with E-state index in [0.29, 0.717) is 30.0 Å². The summed E-state index contributed by atoms with van der Waals surface area (Å²) in [5.74, 6) is 1.21. The minimum absolute atomic E-state index is 0.409. The minimum Gasteiger partial charge on any atom is -0.493 e. The molecule has 0 saturated carbocycles. The van der Waals surface area contributed by atoms with Crippen LogP contribution in [0.3, 0.4) is 0 Å². The number of halogens is 1. The first-order valence-corrected chi connectivity index (χ1v) is 17.1. The van der Waals surface area contributed by atoms with E-state index in [1.165, 1.54) is 73.9 Å². The summed E-state index contributed by atoms with van der Waals surface area (Å²) in [5.41, 5.74) is 11.5. The van der Waals surface area contributed by atoms with Crippen molar-refractivity contribution in [3.8, 4) is 11.5 Å². The number of benzene rings is 2. The number of ether oxygens (including phenoxy) is 2. The predicted octanol–water partition coefficient (Wildman–Crippen LogP) is 7.21. The standard InChI is InChI=1S/C18H28N2O2.C17H26BrNO/c1-4-7-20(8-5-2)15-9-13-11-16(18(19)21)17(22-6-3)12-14(13)10-15;1-4-7-19(8-5-2)15-9-13-11-16(18)17(20-6-3)12-14(13)10-15/h11-12,15H,4-10H2,1-3H3,(H2,19,21);11-12,15H,4-10H2,1-3H3/t2*15-/m00/s1. The van der Waals surface area contributed by atoms with Gasteiger partial charge in [0.15, 0.2) is 0 Å². The van der Waals surface area contributed by atoms with Crippen LogP contribution in [0.2, 0.25) is 0 Å². The molecule has 7 heteroatoms. The van der Waals surface area contributed by atoms with Crippen LogP contribution < -0.4 is 15.2 Å². The van der Waals surface area contributed by atoms with Gasteiger partial charge < -0.3 is 15.2 Å². The lowest BCUT2D eigenvalue weighted by molar-refractivity contribution is 0.0996. The van der Waals surface area contributed by atoms with Crippen LogP contribution in [0.1, 0.15) is 99.8 Å². The molecule has 2 aliphatic rings. The van der Waals surface area contributed by atoms with Crippen LogP contribution in [0.4, 0.5) is 0 Å². The van der Waals surface area contributed by atoms with Crippen molar-refractivity contribution in [3.05, 3.63) is 56.6 Å². The van der Waals surface area contributed by atoms with Crippen molar-refractivity contribution < 1.29 is 14.3 Å². The summed E-state index contributed by atoms with van der Waals surface area (Å²) in [6.07, 6.45) is 9.20. The van der Waals surface area contributed by atoms with Crippen molar-refractivity contribution in [3.63, 3.8) is 0 Å². The zero-order valence-corrected chi connectivity index (χ0v) is 28.5. The number of fused-ring (bicyclic) bond motifs is 2. The van der Waals surface area contributed by atoms with Gasteiger partial charge in [0.25, 0.3) is 5.91 Å². The topological polar surface area (TPSA) is 68.0 Å². The molecule has 234 valence electrons. The molecule has 0 saturated heterocycles. The summed E-state index contributed by atoms with van der Waals surface area (Å²) >= 11 is 3.63. The number of primary amides is 1. The van der Waals surface area contributed by atoms with Crippen LogP contribution in [-0.4, -0.2) is 67.2 Å². The Hall–Kier alpha value is -2.09. The number of hydrogen-bond acceptors (Lipinski definition) is 5. The van der Waals surface area contributed by atoms with Crippen molar-refractivity contribution in [1.29, 1.82) is 0 Å². The first kappa shape index (κ1) is 34.4. The lowest BCUT2D eigenvalue weighted by atomic mass is 10.0. The minimum atomic E-state index is -0.409. The molecule has 2 atom stereocenters. The van der Waals surface area contributed by atoms with Crippen molar-refractivity contribution in [2.24, 2.45) is 5.73 Å². The summed E-state index contributed by atoms with van der Waals surface area (Å²) in [5, 5.41) is 0. The van der Waals surface area contributed by atoms with Gasteiger partial charge in [-0.1, -0.05) is 27.7 Å². The Morgan fingerprint density at radius 1 is 0.690 bits per heavy atom. The highest BCUT2D eigenvalue weighted by atomic mass is 79.9. The molecule has 0 aliphatic heterocycles. The van der Waals surface area contributed by atoms with Gasteiger partial charge in [0.05, 0.1) is 23.2 Å². The molecule has 1 amide bonds. The van der Waals surface area contributed by atoms with Crippen molar-refractivity contribution in [2.45, 2.75) is 105 Å². The van der Waals surface area contributed by atoms with Crippen LogP contribution in [0.5, 0.6) is 11.5 Å². The Morgan fingerprint density at radius 3 is 1.48 bits per heavy atom. The second kappa shape index (κ2) is 17.3. The van der Waals surface area contributed by atoms with Crippen LogP contribution in [-0.2, 0) is 25.7 Å². The molecular weight excluding hydrogens is 590 g/mol. The highest BCUT2D eigenvalue weighted by molar-refractivity contribution is 9.10. The summed E-state index contributed by atoms with van der Waals surface area (Å²) < 4.78 is 12.4. The number of nitrogens with zero attached hydrogens (tertiary/aromatic N) is 2. The molecule has 0 unspecified atom stereocenters. The van der Waals surface area contributed by atoms with E-state index in [4.69, 9.17) is 15.2 Å². The van der Waals surface area contributed by atoms with Crippen LogP contribution in [0.15, 0.2) is 28.7 Å². The van der Waals surface area contributed by atoms with E-state index in [0.717, 1.165) is 42.8 Å². The quantitative estimate of drug-likeness (QED) is 0.222. The Labute approximate surface area is 263 Å². The zero-order chi connectivity index (χ0) is 30.6. The number of carbonyl (C=O) groups is 1. The van der Waals surface area contributed by atoms with E-state index in [2.05, 4.69) is 65.6 Å². The molecule has 4 rings (SSSR count). The third-order valence-corrected chi connectivity index (χ3v) is 8.94. The van der Waals surface area contributed by atoms with Crippen molar-refractivity contribution in [1.82, 2.24) is 9.80 Å². The van der Waals surface area contributed by atoms with Crippen LogP contribution >= 0.6 is 15.9 Å². The summed E-state index contributed by atoms with van der Waals surface area (Å²) in [6, 6.07) is 9.67. The SMILES string of the molecule is CCCN(CCC)[C@@H]1Cc2cc(OCC)c(C(N)=O)cc2C1.CCCN(CCC)[C@H]1Cc2cc(Br)c(OCC)cc2C1. The second-order valence-electron chi connectivity index (χ2n) is 11.6. The molecule has 2 N–H and O–H groups in total. The maximum atomic E-state index is 11.6. The summed E-state index contributed by atoms with van der Waals surface area (Å²) in [4.78, 5) is 16.9. The molecule has 0 spiro atoms.